The van der Waals surface area contributed by atoms with Gasteiger partial charge in [-0.1, -0.05) is 12.2 Å². The molecule has 2 bridgehead atoms. The molecule has 0 amide bonds. The highest BCUT2D eigenvalue weighted by molar-refractivity contribution is 6.06. The number of fused-ring (bicyclic) bond motifs is 2. The Bertz CT molecular complexity index is 441. The number of carbonyl (C=O) groups excluding carboxylic acids is 3. The number of hydroxylamine groups is 2. The summed E-state index contributed by atoms with van der Waals surface area (Å²) < 4.78 is 9.44. The number of ether oxygens (including phenoxy) is 2. The lowest BCUT2D eigenvalue weighted by molar-refractivity contribution is -0.231. The van der Waals surface area contributed by atoms with Gasteiger partial charge in [0.15, 0.2) is 0 Å². The van der Waals surface area contributed by atoms with E-state index in [9.17, 15) is 14.4 Å². The minimum atomic E-state index is -1.74. The number of esters is 2. The van der Waals surface area contributed by atoms with Gasteiger partial charge in [-0.25, -0.2) is 9.59 Å². The van der Waals surface area contributed by atoms with Crippen molar-refractivity contribution in [2.75, 3.05) is 14.2 Å². The van der Waals surface area contributed by atoms with Crippen molar-refractivity contribution >= 4 is 17.9 Å². The number of rotatable bonds is 3. The van der Waals surface area contributed by atoms with E-state index in [1.807, 2.05) is 0 Å². The van der Waals surface area contributed by atoms with Crippen LogP contribution in [0.3, 0.4) is 0 Å². The van der Waals surface area contributed by atoms with Crippen molar-refractivity contribution in [2.45, 2.75) is 24.9 Å². The molecule has 0 saturated carbocycles. The summed E-state index contributed by atoms with van der Waals surface area (Å²) >= 11 is 0. The SMILES string of the molecule is COC(=O)C1(C(=O)OC)[C@H]2C=C[C@H](C2)N1OC(C)=O. The predicted octanol–water partition coefficient (Wildman–Crippen LogP) is -0.190. The van der Waals surface area contributed by atoms with Gasteiger partial charge in [0.1, 0.15) is 0 Å². The molecule has 1 heterocycles. The van der Waals surface area contributed by atoms with Crippen LogP contribution < -0.4 is 0 Å². The number of methoxy groups -OCH3 is 2. The molecule has 19 heavy (non-hydrogen) atoms. The molecular formula is C12H15NO6. The minimum absolute atomic E-state index is 0.327. The second-order valence-corrected chi connectivity index (χ2v) is 4.45. The second-order valence-electron chi connectivity index (χ2n) is 4.45. The van der Waals surface area contributed by atoms with Gasteiger partial charge in [-0.2, -0.15) is 0 Å². The lowest BCUT2D eigenvalue weighted by Gasteiger charge is -2.37. The third-order valence-electron chi connectivity index (χ3n) is 3.47. The average molecular weight is 269 g/mol. The summed E-state index contributed by atoms with van der Waals surface area (Å²) in [6.45, 7) is 1.20. The monoisotopic (exact) mass is 269 g/mol. The molecule has 104 valence electrons. The summed E-state index contributed by atoms with van der Waals surface area (Å²) in [7, 11) is 2.35. The molecule has 0 unspecified atom stereocenters. The van der Waals surface area contributed by atoms with E-state index in [4.69, 9.17) is 14.3 Å². The standard InChI is InChI=1S/C12H15NO6/c1-7(14)19-13-9-5-4-8(6-9)12(13,10(15)17-2)11(16)18-3/h4-5,8-9H,6H2,1-3H3/t8-,9+/m0/s1. The normalized spacial score (nSPS) is 27.1. The molecule has 0 aromatic rings. The van der Waals surface area contributed by atoms with E-state index in [1.165, 1.54) is 21.1 Å². The first-order chi connectivity index (χ1) is 8.98. The van der Waals surface area contributed by atoms with Crippen LogP contribution in [0.4, 0.5) is 0 Å². The molecule has 1 aliphatic heterocycles. The Morgan fingerprint density at radius 3 is 2.21 bits per heavy atom. The molecule has 0 aromatic heterocycles. The van der Waals surface area contributed by atoms with E-state index in [-0.39, 0.29) is 6.04 Å². The Kier molecular flexibility index (Phi) is 3.32. The van der Waals surface area contributed by atoms with Gasteiger partial charge in [-0.05, 0) is 6.42 Å². The molecule has 2 rings (SSSR count). The molecular weight excluding hydrogens is 254 g/mol. The van der Waals surface area contributed by atoms with Crippen LogP contribution in [0.5, 0.6) is 0 Å². The van der Waals surface area contributed by atoms with Crippen molar-refractivity contribution < 1.29 is 28.7 Å². The Hall–Kier alpha value is -1.89. The van der Waals surface area contributed by atoms with Crippen LogP contribution in [0.15, 0.2) is 12.2 Å². The smallest absolute Gasteiger partial charge is 0.342 e. The summed E-state index contributed by atoms with van der Waals surface area (Å²) in [6.07, 6.45) is 4.04. The molecule has 2 atom stereocenters. The molecule has 0 N–H and O–H groups in total. The van der Waals surface area contributed by atoms with Crippen molar-refractivity contribution in [3.8, 4) is 0 Å². The molecule has 0 aromatic carbocycles. The molecule has 7 nitrogen and oxygen atoms in total. The first-order valence-corrected chi connectivity index (χ1v) is 5.81. The zero-order chi connectivity index (χ0) is 14.2. The topological polar surface area (TPSA) is 82.1 Å². The van der Waals surface area contributed by atoms with Crippen LogP contribution >= 0.6 is 0 Å². The van der Waals surface area contributed by atoms with Gasteiger partial charge in [0.2, 0.25) is 0 Å². The summed E-state index contributed by atoms with van der Waals surface area (Å²) in [6, 6.07) is -0.327. The zero-order valence-corrected chi connectivity index (χ0v) is 10.9. The number of nitrogens with zero attached hydrogens (tertiary/aromatic N) is 1. The van der Waals surface area contributed by atoms with Gasteiger partial charge in [-0.15, -0.1) is 5.06 Å². The van der Waals surface area contributed by atoms with E-state index in [1.54, 1.807) is 12.2 Å². The lowest BCUT2D eigenvalue weighted by Crippen LogP contribution is -2.63. The molecule has 1 aliphatic carbocycles. The van der Waals surface area contributed by atoms with E-state index >= 15 is 0 Å². The predicted molar refractivity (Wildman–Crippen MR) is 61.4 cm³/mol. The first kappa shape index (κ1) is 13.5. The van der Waals surface area contributed by atoms with Gasteiger partial charge >= 0.3 is 17.9 Å². The van der Waals surface area contributed by atoms with Crippen molar-refractivity contribution in [3.05, 3.63) is 12.2 Å². The summed E-state index contributed by atoms with van der Waals surface area (Å²) in [4.78, 5) is 40.5. The van der Waals surface area contributed by atoms with Crippen LogP contribution in [0, 0.1) is 5.92 Å². The Labute approximate surface area is 110 Å². The largest absolute Gasteiger partial charge is 0.467 e. The highest BCUT2D eigenvalue weighted by atomic mass is 16.7. The van der Waals surface area contributed by atoms with Crippen molar-refractivity contribution in [3.63, 3.8) is 0 Å². The number of hydrogen-bond acceptors (Lipinski definition) is 7. The lowest BCUT2D eigenvalue weighted by atomic mass is 9.86. The van der Waals surface area contributed by atoms with Gasteiger partial charge < -0.3 is 14.3 Å². The molecule has 1 saturated heterocycles. The summed E-state index contributed by atoms with van der Waals surface area (Å²) in [5, 5.41) is 1.09. The van der Waals surface area contributed by atoms with E-state index in [0.29, 0.717) is 6.42 Å². The fourth-order valence-electron chi connectivity index (χ4n) is 2.74. The number of hydrogen-bond donors (Lipinski definition) is 0. The second kappa shape index (κ2) is 4.65. The van der Waals surface area contributed by atoms with Gasteiger partial charge in [0, 0.05) is 12.8 Å². The molecule has 0 spiro atoms. The quantitative estimate of drug-likeness (QED) is 0.399. The third kappa shape index (κ3) is 1.73. The Morgan fingerprint density at radius 2 is 1.74 bits per heavy atom. The maximum atomic E-state index is 12.1. The van der Waals surface area contributed by atoms with Crippen LogP contribution in [0.2, 0.25) is 0 Å². The maximum Gasteiger partial charge on any atom is 0.342 e. The van der Waals surface area contributed by atoms with Crippen LogP contribution in [-0.2, 0) is 28.7 Å². The molecule has 1 fully saturated rings. The van der Waals surface area contributed by atoms with E-state index in [2.05, 4.69) is 0 Å². The number of carbonyl (C=O) groups is 3. The highest BCUT2D eigenvalue weighted by Gasteiger charge is 2.68. The van der Waals surface area contributed by atoms with Crippen molar-refractivity contribution in [1.29, 1.82) is 0 Å². The van der Waals surface area contributed by atoms with Gasteiger partial charge in [0.05, 0.1) is 20.3 Å². The van der Waals surface area contributed by atoms with Crippen LogP contribution in [0.25, 0.3) is 0 Å². The summed E-state index contributed by atoms with van der Waals surface area (Å²) in [5.41, 5.74) is -1.74. The van der Waals surface area contributed by atoms with Crippen LogP contribution in [0.1, 0.15) is 13.3 Å². The third-order valence-corrected chi connectivity index (χ3v) is 3.47. The van der Waals surface area contributed by atoms with Crippen LogP contribution in [-0.4, -0.2) is 48.8 Å². The van der Waals surface area contributed by atoms with E-state index < -0.39 is 29.4 Å². The molecule has 7 heteroatoms. The van der Waals surface area contributed by atoms with Crippen molar-refractivity contribution in [1.82, 2.24) is 5.06 Å². The summed E-state index contributed by atoms with van der Waals surface area (Å²) in [5.74, 6) is -2.63. The molecule has 2 aliphatic rings. The van der Waals surface area contributed by atoms with Crippen molar-refractivity contribution in [2.24, 2.45) is 5.92 Å². The van der Waals surface area contributed by atoms with E-state index in [0.717, 1.165) is 5.06 Å². The van der Waals surface area contributed by atoms with Gasteiger partial charge in [-0.3, -0.25) is 4.79 Å². The zero-order valence-electron chi connectivity index (χ0n) is 10.9. The average Bonchev–Trinajstić information content (AvgIpc) is 2.96. The minimum Gasteiger partial charge on any atom is -0.467 e. The Morgan fingerprint density at radius 1 is 1.16 bits per heavy atom. The highest BCUT2D eigenvalue weighted by Crippen LogP contribution is 2.46. The molecule has 0 radical (unpaired) electrons. The first-order valence-electron chi connectivity index (χ1n) is 5.81. The fraction of sp³-hybridized carbons (Fsp3) is 0.583. The maximum absolute atomic E-state index is 12.1. The Balaban J connectivity index is 2.49. The fourth-order valence-corrected chi connectivity index (χ4v) is 2.74. The van der Waals surface area contributed by atoms with Gasteiger partial charge in [0.25, 0.3) is 5.54 Å².